The minimum atomic E-state index is -0.0469. The first kappa shape index (κ1) is 11.3. The van der Waals surface area contributed by atoms with Crippen molar-refractivity contribution in [2.45, 2.75) is 6.92 Å². The maximum absolute atomic E-state index is 11.6. The number of allylic oxidation sites excluding steroid dienone is 1. The van der Waals surface area contributed by atoms with E-state index >= 15 is 0 Å². The quantitative estimate of drug-likeness (QED) is 0.747. The molecule has 0 N–H and O–H groups in total. The first-order chi connectivity index (χ1) is 8.09. The molecule has 0 amide bonds. The van der Waals surface area contributed by atoms with Crippen molar-refractivity contribution in [2.24, 2.45) is 0 Å². The number of benzene rings is 1. The van der Waals surface area contributed by atoms with Crippen LogP contribution in [-0.4, -0.2) is 39.8 Å². The van der Waals surface area contributed by atoms with Crippen LogP contribution in [0.15, 0.2) is 30.5 Å². The van der Waals surface area contributed by atoms with Gasteiger partial charge in [-0.2, -0.15) is 0 Å². The Morgan fingerprint density at radius 1 is 1.35 bits per heavy atom. The summed E-state index contributed by atoms with van der Waals surface area (Å²) in [6.45, 7) is 1.52. The van der Waals surface area contributed by atoms with Gasteiger partial charge in [0, 0.05) is 27.2 Å². The molecular formula is C12H14N4O. The van der Waals surface area contributed by atoms with Crippen LogP contribution in [0, 0.1) is 0 Å². The average molecular weight is 230 g/mol. The number of aromatic nitrogens is 3. The van der Waals surface area contributed by atoms with Crippen LogP contribution >= 0.6 is 0 Å². The minimum absolute atomic E-state index is 0.0469. The summed E-state index contributed by atoms with van der Waals surface area (Å²) >= 11 is 0. The van der Waals surface area contributed by atoms with E-state index in [2.05, 4.69) is 10.3 Å². The molecular weight excluding hydrogens is 216 g/mol. The average Bonchev–Trinajstić information content (AvgIpc) is 2.69. The Morgan fingerprint density at radius 2 is 2.06 bits per heavy atom. The molecule has 0 spiro atoms. The largest absolute Gasteiger partial charge is 0.382 e. The van der Waals surface area contributed by atoms with Crippen LogP contribution in [0.4, 0.5) is 0 Å². The normalized spacial score (nSPS) is 11.8. The number of carbonyl (C=O) groups is 1. The van der Waals surface area contributed by atoms with Gasteiger partial charge in [0.25, 0.3) is 0 Å². The SMILES string of the molecule is CC(=O)/C(=C\N(C)C)n1nnc2ccccc21. The maximum atomic E-state index is 11.6. The molecule has 0 bridgehead atoms. The van der Waals surface area contributed by atoms with Gasteiger partial charge in [-0.05, 0) is 12.1 Å². The summed E-state index contributed by atoms with van der Waals surface area (Å²) in [5.74, 6) is -0.0469. The van der Waals surface area contributed by atoms with Gasteiger partial charge in [0.2, 0.25) is 0 Å². The van der Waals surface area contributed by atoms with Gasteiger partial charge in [-0.15, -0.1) is 5.10 Å². The van der Waals surface area contributed by atoms with E-state index in [-0.39, 0.29) is 5.78 Å². The van der Waals surface area contributed by atoms with E-state index < -0.39 is 0 Å². The van der Waals surface area contributed by atoms with Crippen molar-refractivity contribution in [1.82, 2.24) is 19.9 Å². The van der Waals surface area contributed by atoms with E-state index in [1.807, 2.05) is 43.3 Å². The fraction of sp³-hybridized carbons (Fsp3) is 0.250. The van der Waals surface area contributed by atoms with Gasteiger partial charge in [-0.1, -0.05) is 17.3 Å². The van der Waals surface area contributed by atoms with E-state index in [0.717, 1.165) is 11.0 Å². The lowest BCUT2D eigenvalue weighted by Gasteiger charge is -2.09. The fourth-order valence-electron chi connectivity index (χ4n) is 1.59. The molecule has 0 radical (unpaired) electrons. The Hall–Kier alpha value is -2.17. The number of para-hydroxylation sites is 1. The van der Waals surface area contributed by atoms with Crippen LogP contribution in [0.25, 0.3) is 16.7 Å². The number of fused-ring (bicyclic) bond motifs is 1. The number of hydrogen-bond acceptors (Lipinski definition) is 4. The zero-order valence-electron chi connectivity index (χ0n) is 10.1. The first-order valence-corrected chi connectivity index (χ1v) is 5.29. The number of rotatable bonds is 3. The Bertz CT molecular complexity index is 583. The van der Waals surface area contributed by atoms with Crippen molar-refractivity contribution < 1.29 is 4.79 Å². The Morgan fingerprint density at radius 3 is 2.71 bits per heavy atom. The topological polar surface area (TPSA) is 51.0 Å². The van der Waals surface area contributed by atoms with E-state index in [0.29, 0.717) is 5.70 Å². The highest BCUT2D eigenvalue weighted by Gasteiger charge is 2.12. The summed E-state index contributed by atoms with van der Waals surface area (Å²) in [6.07, 6.45) is 1.74. The summed E-state index contributed by atoms with van der Waals surface area (Å²) in [7, 11) is 3.73. The molecule has 1 aromatic carbocycles. The van der Waals surface area contributed by atoms with Gasteiger partial charge in [-0.3, -0.25) is 4.79 Å². The van der Waals surface area contributed by atoms with E-state index in [1.54, 1.807) is 10.9 Å². The van der Waals surface area contributed by atoms with Crippen LogP contribution in [-0.2, 0) is 4.79 Å². The molecule has 1 aromatic heterocycles. The molecule has 0 aliphatic rings. The standard InChI is InChI=1S/C12H14N4O/c1-9(17)12(8-15(2)3)16-11-7-5-4-6-10(11)13-14-16/h4-8H,1-3H3/b12-8+. The molecule has 2 aromatic rings. The number of carbonyl (C=O) groups excluding carboxylic acids is 1. The lowest BCUT2D eigenvalue weighted by molar-refractivity contribution is -0.112. The van der Waals surface area contributed by atoms with Gasteiger partial charge in [0.05, 0.1) is 5.52 Å². The van der Waals surface area contributed by atoms with Gasteiger partial charge in [0.15, 0.2) is 5.78 Å². The lowest BCUT2D eigenvalue weighted by Crippen LogP contribution is -2.12. The monoisotopic (exact) mass is 230 g/mol. The van der Waals surface area contributed by atoms with Gasteiger partial charge in [-0.25, -0.2) is 4.68 Å². The minimum Gasteiger partial charge on any atom is -0.382 e. The zero-order chi connectivity index (χ0) is 12.4. The molecule has 0 atom stereocenters. The number of ketones is 1. The lowest BCUT2D eigenvalue weighted by atomic mass is 10.3. The van der Waals surface area contributed by atoms with Crippen molar-refractivity contribution in [3.05, 3.63) is 30.5 Å². The van der Waals surface area contributed by atoms with Crippen LogP contribution in [0.3, 0.4) is 0 Å². The predicted octanol–water partition coefficient (Wildman–Crippen LogP) is 1.38. The molecule has 5 heteroatoms. The van der Waals surface area contributed by atoms with Crippen LogP contribution in [0.5, 0.6) is 0 Å². The molecule has 0 aliphatic carbocycles. The summed E-state index contributed by atoms with van der Waals surface area (Å²) in [4.78, 5) is 13.5. The van der Waals surface area contributed by atoms with Crippen molar-refractivity contribution in [3.63, 3.8) is 0 Å². The second kappa shape index (κ2) is 4.37. The molecule has 0 saturated heterocycles. The van der Waals surface area contributed by atoms with Gasteiger partial charge >= 0.3 is 0 Å². The third kappa shape index (κ3) is 2.18. The van der Waals surface area contributed by atoms with E-state index in [9.17, 15) is 4.79 Å². The van der Waals surface area contributed by atoms with Gasteiger partial charge < -0.3 is 4.90 Å². The molecule has 0 fully saturated rings. The summed E-state index contributed by atoms with van der Waals surface area (Å²) in [6, 6.07) is 7.55. The zero-order valence-corrected chi connectivity index (χ0v) is 10.1. The fourth-order valence-corrected chi connectivity index (χ4v) is 1.59. The molecule has 0 unspecified atom stereocenters. The Kier molecular flexibility index (Phi) is 2.91. The van der Waals surface area contributed by atoms with Crippen LogP contribution in [0.2, 0.25) is 0 Å². The Labute approximate surface area is 99.3 Å². The molecule has 2 rings (SSSR count). The summed E-state index contributed by atoms with van der Waals surface area (Å²) in [5.41, 5.74) is 2.11. The van der Waals surface area contributed by atoms with Crippen LogP contribution in [0.1, 0.15) is 6.92 Å². The van der Waals surface area contributed by atoms with E-state index in [4.69, 9.17) is 0 Å². The molecule has 0 aliphatic heterocycles. The third-order valence-corrected chi connectivity index (χ3v) is 2.32. The highest BCUT2D eigenvalue weighted by Crippen LogP contribution is 2.15. The predicted molar refractivity (Wildman–Crippen MR) is 66.2 cm³/mol. The number of hydrogen-bond donors (Lipinski definition) is 0. The van der Waals surface area contributed by atoms with Crippen molar-refractivity contribution in [1.29, 1.82) is 0 Å². The van der Waals surface area contributed by atoms with Gasteiger partial charge in [0.1, 0.15) is 11.2 Å². The van der Waals surface area contributed by atoms with Crippen molar-refractivity contribution >= 4 is 22.5 Å². The highest BCUT2D eigenvalue weighted by molar-refractivity contribution is 6.14. The third-order valence-electron chi connectivity index (χ3n) is 2.32. The van der Waals surface area contributed by atoms with E-state index in [1.165, 1.54) is 6.92 Å². The van der Waals surface area contributed by atoms with Crippen molar-refractivity contribution in [2.75, 3.05) is 14.1 Å². The molecule has 88 valence electrons. The number of Topliss-reactive ketones (excluding diaryl/α,β-unsaturated/α-hetero) is 1. The molecule has 1 heterocycles. The smallest absolute Gasteiger partial charge is 0.179 e. The first-order valence-electron chi connectivity index (χ1n) is 5.29. The number of nitrogens with zero attached hydrogens (tertiary/aromatic N) is 4. The molecule has 17 heavy (non-hydrogen) atoms. The molecule has 5 nitrogen and oxygen atoms in total. The summed E-state index contributed by atoms with van der Waals surface area (Å²) < 4.78 is 1.57. The molecule has 0 saturated carbocycles. The summed E-state index contributed by atoms with van der Waals surface area (Å²) in [5, 5.41) is 8.05. The van der Waals surface area contributed by atoms with Crippen molar-refractivity contribution in [3.8, 4) is 0 Å². The van der Waals surface area contributed by atoms with Crippen LogP contribution < -0.4 is 0 Å². The second-order valence-corrected chi connectivity index (χ2v) is 4.02. The maximum Gasteiger partial charge on any atom is 0.179 e. The highest BCUT2D eigenvalue weighted by atomic mass is 16.1. The second-order valence-electron chi connectivity index (χ2n) is 4.02. The Balaban J connectivity index is 2.61.